The predicted molar refractivity (Wildman–Crippen MR) is 88.4 cm³/mol. The van der Waals surface area contributed by atoms with Crippen molar-refractivity contribution in [3.63, 3.8) is 0 Å². The molecule has 0 spiro atoms. The van der Waals surface area contributed by atoms with Crippen LogP contribution in [0.1, 0.15) is 25.3 Å². The molecule has 0 amide bonds. The Morgan fingerprint density at radius 3 is 2.73 bits per heavy atom. The Labute approximate surface area is 130 Å². The van der Waals surface area contributed by atoms with Crippen molar-refractivity contribution in [2.45, 2.75) is 19.8 Å². The normalized spacial score (nSPS) is 10.1. The van der Waals surface area contributed by atoms with Gasteiger partial charge in [-0.25, -0.2) is 0 Å². The molecule has 0 saturated heterocycles. The molecule has 1 N–H and O–H groups in total. The fraction of sp³-hybridized carbons (Fsp3) is 0.263. The van der Waals surface area contributed by atoms with Crippen LogP contribution in [0.3, 0.4) is 0 Å². The zero-order valence-corrected chi connectivity index (χ0v) is 12.7. The van der Waals surface area contributed by atoms with Crippen molar-refractivity contribution in [1.29, 1.82) is 0 Å². The van der Waals surface area contributed by atoms with E-state index < -0.39 is 0 Å². The van der Waals surface area contributed by atoms with Gasteiger partial charge in [-0.1, -0.05) is 43.3 Å². The van der Waals surface area contributed by atoms with Gasteiger partial charge < -0.3 is 9.84 Å². The third-order valence-electron chi connectivity index (χ3n) is 3.27. The van der Waals surface area contributed by atoms with Crippen molar-refractivity contribution in [3.05, 3.63) is 59.3 Å². The Balaban J connectivity index is 2.12. The van der Waals surface area contributed by atoms with Crippen LogP contribution >= 0.6 is 0 Å². The summed E-state index contributed by atoms with van der Waals surface area (Å²) in [5.74, 6) is -0.249. The number of benzene rings is 2. The molecular formula is C19H20O3. The standard InChI is InChI=1S/C19H20O3/c1-2-5-19(21)22-14-16(13-20)9-8-15-10-11-17-6-3-4-7-18(17)12-15/h3-4,6-8,10-12,20H,2,5,13-14H2,1H3. The summed E-state index contributed by atoms with van der Waals surface area (Å²) in [6, 6.07) is 14.2. The van der Waals surface area contributed by atoms with Crippen LogP contribution in [-0.2, 0) is 9.53 Å². The number of hydrogen-bond donors (Lipinski definition) is 1. The van der Waals surface area contributed by atoms with Crippen molar-refractivity contribution < 1.29 is 14.6 Å². The van der Waals surface area contributed by atoms with E-state index in [1.807, 2.05) is 31.2 Å². The van der Waals surface area contributed by atoms with E-state index in [1.165, 1.54) is 5.39 Å². The maximum absolute atomic E-state index is 11.3. The Bertz CT molecular complexity index is 709. The highest BCUT2D eigenvalue weighted by atomic mass is 16.5. The summed E-state index contributed by atoms with van der Waals surface area (Å²) >= 11 is 0. The molecule has 2 rings (SSSR count). The Morgan fingerprint density at radius 1 is 1.23 bits per heavy atom. The van der Waals surface area contributed by atoms with E-state index in [0.29, 0.717) is 12.0 Å². The lowest BCUT2D eigenvalue weighted by Crippen LogP contribution is -2.08. The second-order valence-corrected chi connectivity index (χ2v) is 5.07. The van der Waals surface area contributed by atoms with Gasteiger partial charge in [0.05, 0.1) is 6.61 Å². The molecule has 0 radical (unpaired) electrons. The molecule has 0 heterocycles. The van der Waals surface area contributed by atoms with Crippen LogP contribution in [0.5, 0.6) is 0 Å². The fourth-order valence-electron chi connectivity index (χ4n) is 2.06. The van der Waals surface area contributed by atoms with Gasteiger partial charge in [-0.05, 0) is 34.9 Å². The smallest absolute Gasteiger partial charge is 0.306 e. The van der Waals surface area contributed by atoms with Crippen LogP contribution in [0.2, 0.25) is 0 Å². The minimum absolute atomic E-state index is 0.0828. The van der Waals surface area contributed by atoms with E-state index in [4.69, 9.17) is 4.74 Å². The highest BCUT2D eigenvalue weighted by molar-refractivity contribution is 5.84. The van der Waals surface area contributed by atoms with Gasteiger partial charge in [0.15, 0.2) is 0 Å². The molecule has 22 heavy (non-hydrogen) atoms. The molecule has 2 aromatic carbocycles. The molecule has 0 atom stereocenters. The topological polar surface area (TPSA) is 46.5 Å². The molecule has 0 aromatic heterocycles. The fourth-order valence-corrected chi connectivity index (χ4v) is 2.06. The van der Waals surface area contributed by atoms with Gasteiger partial charge >= 0.3 is 5.97 Å². The van der Waals surface area contributed by atoms with Crippen molar-refractivity contribution in [2.24, 2.45) is 0 Å². The highest BCUT2D eigenvalue weighted by Crippen LogP contribution is 2.16. The van der Waals surface area contributed by atoms with E-state index in [9.17, 15) is 9.90 Å². The lowest BCUT2D eigenvalue weighted by atomic mass is 10.1. The summed E-state index contributed by atoms with van der Waals surface area (Å²) in [5.41, 5.74) is 4.56. The summed E-state index contributed by atoms with van der Waals surface area (Å²) in [6.07, 6.45) is 2.95. The van der Waals surface area contributed by atoms with Crippen LogP contribution in [0.15, 0.2) is 53.8 Å². The summed E-state index contributed by atoms with van der Waals surface area (Å²) in [4.78, 5) is 11.3. The predicted octanol–water partition coefficient (Wildman–Crippen LogP) is 3.71. The second-order valence-electron chi connectivity index (χ2n) is 5.07. The lowest BCUT2D eigenvalue weighted by Gasteiger charge is -2.03. The van der Waals surface area contributed by atoms with Crippen LogP contribution < -0.4 is 0 Å². The van der Waals surface area contributed by atoms with Crippen molar-refractivity contribution in [1.82, 2.24) is 0 Å². The number of rotatable bonds is 6. The number of aliphatic hydroxyl groups excluding tert-OH is 1. The number of hydrogen-bond acceptors (Lipinski definition) is 3. The maximum atomic E-state index is 11.3. The van der Waals surface area contributed by atoms with Gasteiger partial charge in [0.2, 0.25) is 0 Å². The number of carbonyl (C=O) groups is 1. The highest BCUT2D eigenvalue weighted by Gasteiger charge is 2.02. The molecule has 0 unspecified atom stereocenters. The lowest BCUT2D eigenvalue weighted by molar-refractivity contribution is -0.142. The minimum atomic E-state index is -0.249. The molecule has 0 bridgehead atoms. The van der Waals surface area contributed by atoms with Crippen LogP contribution in [0.4, 0.5) is 0 Å². The first-order valence-corrected chi connectivity index (χ1v) is 7.42. The third-order valence-corrected chi connectivity index (χ3v) is 3.27. The van der Waals surface area contributed by atoms with E-state index in [1.54, 1.807) is 6.08 Å². The monoisotopic (exact) mass is 296 g/mol. The molecule has 3 heteroatoms. The average Bonchev–Trinajstić information content (AvgIpc) is 2.55. The molecule has 0 aliphatic rings. The van der Waals surface area contributed by atoms with Gasteiger partial charge in [0, 0.05) is 12.0 Å². The zero-order valence-electron chi connectivity index (χ0n) is 12.7. The number of aliphatic hydroxyl groups is 1. The first-order valence-electron chi connectivity index (χ1n) is 7.42. The largest absolute Gasteiger partial charge is 0.460 e. The average molecular weight is 296 g/mol. The summed E-state index contributed by atoms with van der Waals surface area (Å²) in [7, 11) is 0. The Morgan fingerprint density at radius 2 is 2.00 bits per heavy atom. The minimum Gasteiger partial charge on any atom is -0.460 e. The van der Waals surface area contributed by atoms with Gasteiger partial charge in [-0.2, -0.15) is 0 Å². The molecule has 0 fully saturated rings. The van der Waals surface area contributed by atoms with Crippen LogP contribution in [0, 0.1) is 0 Å². The SMILES string of the molecule is CCCC(=O)OCC(=C=Cc1ccc2ccccc2c1)CO. The molecular weight excluding hydrogens is 276 g/mol. The van der Waals surface area contributed by atoms with Gasteiger partial charge in [0.25, 0.3) is 0 Å². The first kappa shape index (κ1) is 16.0. The van der Waals surface area contributed by atoms with Gasteiger partial charge in [-0.15, -0.1) is 5.73 Å². The van der Waals surface area contributed by atoms with Gasteiger partial charge in [0.1, 0.15) is 6.61 Å². The summed E-state index contributed by atoms with van der Waals surface area (Å²) < 4.78 is 5.08. The van der Waals surface area contributed by atoms with Crippen molar-refractivity contribution in [3.8, 4) is 0 Å². The molecule has 0 saturated carbocycles. The molecule has 0 aliphatic carbocycles. The second kappa shape index (κ2) is 8.18. The Hall–Kier alpha value is -2.35. The molecule has 3 nitrogen and oxygen atoms in total. The molecule has 114 valence electrons. The maximum Gasteiger partial charge on any atom is 0.306 e. The van der Waals surface area contributed by atoms with Crippen molar-refractivity contribution >= 4 is 22.8 Å². The van der Waals surface area contributed by atoms with Crippen molar-refractivity contribution in [2.75, 3.05) is 13.2 Å². The van der Waals surface area contributed by atoms with Gasteiger partial charge in [-0.3, -0.25) is 4.79 Å². The number of esters is 1. The van der Waals surface area contributed by atoms with E-state index in [2.05, 4.69) is 23.9 Å². The third kappa shape index (κ3) is 4.59. The van der Waals surface area contributed by atoms with Crippen LogP contribution in [-0.4, -0.2) is 24.3 Å². The van der Waals surface area contributed by atoms with E-state index >= 15 is 0 Å². The summed E-state index contributed by atoms with van der Waals surface area (Å²) in [5, 5.41) is 11.6. The molecule has 2 aromatic rings. The summed E-state index contributed by atoms with van der Waals surface area (Å²) in [6.45, 7) is 1.83. The molecule has 0 aliphatic heterocycles. The van der Waals surface area contributed by atoms with E-state index in [0.717, 1.165) is 17.4 Å². The Kier molecular flexibility index (Phi) is 5.96. The number of ether oxygens (including phenoxy) is 1. The zero-order chi connectivity index (χ0) is 15.8. The first-order chi connectivity index (χ1) is 10.7. The quantitative estimate of drug-likeness (QED) is 0.653. The van der Waals surface area contributed by atoms with Crippen LogP contribution in [0.25, 0.3) is 16.8 Å². The van der Waals surface area contributed by atoms with E-state index in [-0.39, 0.29) is 19.2 Å². The number of fused-ring (bicyclic) bond motifs is 1. The number of carbonyl (C=O) groups excluding carboxylic acids is 1.